The fourth-order valence-corrected chi connectivity index (χ4v) is 4.40. The highest BCUT2D eigenvalue weighted by atomic mass is 16.5. The molecule has 2 amide bonds. The zero-order valence-corrected chi connectivity index (χ0v) is 14.1. The molecule has 2 fully saturated rings. The molecule has 1 unspecified atom stereocenters. The molecule has 2 heterocycles. The van der Waals surface area contributed by atoms with Crippen LogP contribution in [0.3, 0.4) is 0 Å². The van der Waals surface area contributed by atoms with Crippen LogP contribution in [-0.2, 0) is 17.6 Å². The van der Waals surface area contributed by atoms with Crippen molar-refractivity contribution in [2.45, 2.75) is 63.8 Å². The molecule has 3 aliphatic rings. The largest absolute Gasteiger partial charge is 0.350 e. The van der Waals surface area contributed by atoms with Crippen LogP contribution in [0.5, 0.6) is 0 Å². The minimum atomic E-state index is -0.183. The Morgan fingerprint density at radius 2 is 2.00 bits per heavy atom. The molecular weight excluding hydrogens is 306 g/mol. The van der Waals surface area contributed by atoms with Gasteiger partial charge in [-0.25, -0.2) is 0 Å². The Hall–Kier alpha value is -1.85. The van der Waals surface area contributed by atoms with Crippen molar-refractivity contribution in [1.29, 1.82) is 0 Å². The van der Waals surface area contributed by atoms with E-state index in [0.717, 1.165) is 56.3 Å². The van der Waals surface area contributed by atoms with Gasteiger partial charge in [-0.3, -0.25) is 9.59 Å². The molecule has 0 aromatic carbocycles. The highest BCUT2D eigenvalue weighted by molar-refractivity contribution is 5.93. The van der Waals surface area contributed by atoms with Gasteiger partial charge in [-0.05, 0) is 38.5 Å². The smallest absolute Gasteiger partial charge is 0.290 e. The van der Waals surface area contributed by atoms with Gasteiger partial charge in [0.25, 0.3) is 5.91 Å². The van der Waals surface area contributed by atoms with E-state index >= 15 is 0 Å². The number of hydrogen-bond acceptors (Lipinski definition) is 4. The zero-order valence-electron chi connectivity index (χ0n) is 14.1. The Labute approximate surface area is 141 Å². The number of rotatable bonds is 4. The van der Waals surface area contributed by atoms with Crippen LogP contribution in [0.15, 0.2) is 4.52 Å². The van der Waals surface area contributed by atoms with Crippen LogP contribution in [0.25, 0.3) is 0 Å². The van der Waals surface area contributed by atoms with Crippen molar-refractivity contribution in [3.8, 4) is 0 Å². The number of carbonyl (C=O) groups excluding carboxylic acids is 2. The molecule has 1 aromatic heterocycles. The van der Waals surface area contributed by atoms with Crippen molar-refractivity contribution in [3.63, 3.8) is 0 Å². The van der Waals surface area contributed by atoms with Crippen molar-refractivity contribution in [2.24, 2.45) is 5.92 Å². The van der Waals surface area contributed by atoms with Gasteiger partial charge in [-0.2, -0.15) is 0 Å². The van der Waals surface area contributed by atoms with Gasteiger partial charge in [0, 0.05) is 37.0 Å². The van der Waals surface area contributed by atoms with Crippen LogP contribution in [0, 0.1) is 5.92 Å². The molecule has 1 saturated carbocycles. The summed E-state index contributed by atoms with van der Waals surface area (Å²) in [5, 5.41) is 6.99. The van der Waals surface area contributed by atoms with Gasteiger partial charge in [0.05, 0.1) is 5.69 Å². The van der Waals surface area contributed by atoms with E-state index in [9.17, 15) is 9.59 Å². The lowest BCUT2D eigenvalue weighted by Gasteiger charge is -2.24. The summed E-state index contributed by atoms with van der Waals surface area (Å²) in [5.41, 5.74) is 1.92. The Bertz CT molecular complexity index is 633. The first-order chi connectivity index (χ1) is 11.7. The number of likely N-dealkylation sites (tertiary alicyclic amines) is 1. The lowest BCUT2D eigenvalue weighted by Crippen LogP contribution is -2.36. The SMILES string of the molecule is O=C(NCC1CC(=O)N(C2CCCC2)C1)c1onc2c1CCCC2. The monoisotopic (exact) mass is 331 g/mol. The highest BCUT2D eigenvalue weighted by Crippen LogP contribution is 2.29. The first-order valence-electron chi connectivity index (χ1n) is 9.27. The standard InChI is InChI=1S/C18H25N3O3/c22-16-9-12(11-21(16)13-5-1-2-6-13)10-19-18(23)17-14-7-3-4-8-15(14)20-24-17/h12-13H,1-11H2,(H,19,23). The van der Waals surface area contributed by atoms with Gasteiger partial charge in [0.1, 0.15) is 0 Å². The Kier molecular flexibility index (Phi) is 4.29. The summed E-state index contributed by atoms with van der Waals surface area (Å²) < 4.78 is 5.28. The third kappa shape index (κ3) is 2.94. The van der Waals surface area contributed by atoms with Crippen LogP contribution < -0.4 is 5.32 Å². The number of hydrogen-bond donors (Lipinski definition) is 1. The van der Waals surface area contributed by atoms with E-state index in [2.05, 4.69) is 10.5 Å². The first kappa shape index (κ1) is 15.7. The van der Waals surface area contributed by atoms with E-state index in [-0.39, 0.29) is 17.7 Å². The molecule has 0 radical (unpaired) electrons. The maximum Gasteiger partial charge on any atom is 0.290 e. The van der Waals surface area contributed by atoms with Crippen molar-refractivity contribution in [1.82, 2.24) is 15.4 Å². The van der Waals surface area contributed by atoms with Crippen LogP contribution in [-0.4, -0.2) is 41.0 Å². The van der Waals surface area contributed by atoms with E-state index in [4.69, 9.17) is 4.52 Å². The van der Waals surface area contributed by atoms with Crippen molar-refractivity contribution < 1.29 is 14.1 Å². The predicted octanol–water partition coefficient (Wildman–Crippen LogP) is 2.07. The maximum atomic E-state index is 12.4. The van der Waals surface area contributed by atoms with Gasteiger partial charge in [-0.1, -0.05) is 18.0 Å². The van der Waals surface area contributed by atoms with Crippen LogP contribution in [0.4, 0.5) is 0 Å². The Morgan fingerprint density at radius 1 is 1.21 bits per heavy atom. The topological polar surface area (TPSA) is 75.4 Å². The molecular formula is C18H25N3O3. The summed E-state index contributed by atoms with van der Waals surface area (Å²) in [4.78, 5) is 26.7. The summed E-state index contributed by atoms with van der Waals surface area (Å²) in [6.45, 7) is 1.31. The van der Waals surface area contributed by atoms with Crippen molar-refractivity contribution in [2.75, 3.05) is 13.1 Å². The molecule has 4 rings (SSSR count). The molecule has 130 valence electrons. The summed E-state index contributed by atoms with van der Waals surface area (Å²) >= 11 is 0. The normalized spacial score (nSPS) is 24.4. The molecule has 1 aromatic rings. The lowest BCUT2D eigenvalue weighted by atomic mass is 9.96. The fraction of sp³-hybridized carbons (Fsp3) is 0.722. The zero-order chi connectivity index (χ0) is 16.5. The van der Waals surface area contributed by atoms with E-state index in [1.54, 1.807) is 0 Å². The quantitative estimate of drug-likeness (QED) is 0.916. The minimum Gasteiger partial charge on any atom is -0.350 e. The summed E-state index contributed by atoms with van der Waals surface area (Å²) in [7, 11) is 0. The molecule has 1 aliphatic heterocycles. The predicted molar refractivity (Wildman–Crippen MR) is 87.6 cm³/mol. The maximum absolute atomic E-state index is 12.4. The molecule has 1 saturated heterocycles. The van der Waals surface area contributed by atoms with E-state index in [1.165, 1.54) is 12.8 Å². The lowest BCUT2D eigenvalue weighted by molar-refractivity contribution is -0.129. The number of carbonyl (C=O) groups is 2. The second-order valence-electron chi connectivity index (χ2n) is 7.41. The van der Waals surface area contributed by atoms with Crippen molar-refractivity contribution in [3.05, 3.63) is 17.0 Å². The molecule has 6 nitrogen and oxygen atoms in total. The van der Waals surface area contributed by atoms with Crippen molar-refractivity contribution >= 4 is 11.8 Å². The first-order valence-corrected chi connectivity index (χ1v) is 9.27. The van der Waals surface area contributed by atoms with Gasteiger partial charge in [-0.15, -0.1) is 0 Å². The minimum absolute atomic E-state index is 0.183. The van der Waals surface area contributed by atoms with E-state index < -0.39 is 0 Å². The summed E-state index contributed by atoms with van der Waals surface area (Å²) in [6, 6.07) is 0.430. The molecule has 1 N–H and O–H groups in total. The number of amides is 2. The Balaban J connectivity index is 1.33. The third-order valence-electron chi connectivity index (χ3n) is 5.72. The fourth-order valence-electron chi connectivity index (χ4n) is 4.40. The molecule has 1 atom stereocenters. The number of aromatic nitrogens is 1. The third-order valence-corrected chi connectivity index (χ3v) is 5.72. The number of nitrogens with zero attached hydrogens (tertiary/aromatic N) is 2. The van der Waals surface area contributed by atoms with Gasteiger partial charge in [0.15, 0.2) is 0 Å². The molecule has 2 aliphatic carbocycles. The van der Waals surface area contributed by atoms with Gasteiger partial charge < -0.3 is 14.7 Å². The van der Waals surface area contributed by atoms with Gasteiger partial charge >= 0.3 is 0 Å². The molecule has 24 heavy (non-hydrogen) atoms. The second kappa shape index (κ2) is 6.57. The number of aryl methyl sites for hydroxylation is 1. The summed E-state index contributed by atoms with van der Waals surface area (Å²) in [5.74, 6) is 0.651. The van der Waals surface area contributed by atoms with Crippen LogP contribution in [0.2, 0.25) is 0 Å². The summed E-state index contributed by atoms with van der Waals surface area (Å²) in [6.07, 6.45) is 9.25. The molecule has 0 bridgehead atoms. The number of nitrogens with one attached hydrogen (secondary N) is 1. The Morgan fingerprint density at radius 3 is 2.83 bits per heavy atom. The van der Waals surface area contributed by atoms with Crippen LogP contribution in [0.1, 0.15) is 66.8 Å². The van der Waals surface area contributed by atoms with Crippen LogP contribution >= 0.6 is 0 Å². The second-order valence-corrected chi connectivity index (χ2v) is 7.41. The molecule has 6 heteroatoms. The average molecular weight is 331 g/mol. The number of fused-ring (bicyclic) bond motifs is 1. The van der Waals surface area contributed by atoms with Gasteiger partial charge in [0.2, 0.25) is 11.7 Å². The molecule has 0 spiro atoms. The van der Waals surface area contributed by atoms with E-state index in [0.29, 0.717) is 24.8 Å². The van der Waals surface area contributed by atoms with E-state index in [1.807, 2.05) is 4.90 Å². The highest BCUT2D eigenvalue weighted by Gasteiger charge is 2.35. The average Bonchev–Trinajstić information content (AvgIpc) is 3.31.